The summed E-state index contributed by atoms with van der Waals surface area (Å²) in [5, 5.41) is 15.7. The summed E-state index contributed by atoms with van der Waals surface area (Å²) in [5.74, 6) is 0.567. The molecule has 4 N–H and O–H groups in total. The van der Waals surface area contributed by atoms with Gasteiger partial charge in [-0.25, -0.2) is 0 Å². The zero-order valence-corrected chi connectivity index (χ0v) is 19.3. The van der Waals surface area contributed by atoms with Gasteiger partial charge in [-0.15, -0.1) is 0 Å². The average molecular weight is 470 g/mol. The number of nitrogen functional groups attached to an aromatic ring is 2. The predicted octanol–water partition coefficient (Wildman–Crippen LogP) is 1.60. The molecule has 0 aliphatic rings. The van der Waals surface area contributed by atoms with Gasteiger partial charge in [-0.05, 0) is 13.8 Å². The number of anilines is 2. The molecule has 0 radical (unpaired) electrons. The highest BCUT2D eigenvalue weighted by atomic mass is 16.5. The molecular formula is C20H26N10O4. The Bertz CT molecular complexity index is 1260. The van der Waals surface area contributed by atoms with Crippen molar-refractivity contribution in [2.24, 2.45) is 0 Å². The van der Waals surface area contributed by atoms with Crippen molar-refractivity contribution in [3.63, 3.8) is 0 Å². The van der Waals surface area contributed by atoms with Crippen LogP contribution in [-0.2, 0) is 13.1 Å². The summed E-state index contributed by atoms with van der Waals surface area (Å²) in [4.78, 5) is 30.6. The van der Waals surface area contributed by atoms with Crippen molar-refractivity contribution < 1.29 is 18.6 Å². The van der Waals surface area contributed by atoms with Crippen LogP contribution in [0.2, 0.25) is 0 Å². The van der Waals surface area contributed by atoms with Gasteiger partial charge < -0.3 is 20.5 Å². The third-order valence-corrected chi connectivity index (χ3v) is 4.78. The lowest BCUT2D eigenvalue weighted by Crippen LogP contribution is -2.06. The summed E-state index contributed by atoms with van der Waals surface area (Å²) in [6.45, 7) is 7.81. The maximum Gasteiger partial charge on any atom is 0.294 e. The lowest BCUT2D eigenvalue weighted by molar-refractivity contribution is 0.0939. The SMILES string of the molecule is CCC(=O)c1nc(Cn2cc(N)c(C)n2)no1.CCC(=O)c1nc(Cn2ncc(N)c2C)no1. The molecule has 0 unspecified atom stereocenters. The number of aryl methyl sites for hydroxylation is 1. The van der Waals surface area contributed by atoms with Crippen molar-refractivity contribution in [2.45, 2.75) is 53.6 Å². The molecule has 180 valence electrons. The predicted molar refractivity (Wildman–Crippen MR) is 119 cm³/mol. The van der Waals surface area contributed by atoms with Gasteiger partial charge in [0.1, 0.15) is 13.1 Å². The fraction of sp³-hybridized carbons (Fsp3) is 0.400. The maximum absolute atomic E-state index is 11.3. The number of carbonyl (C=O) groups is 2. The van der Waals surface area contributed by atoms with Gasteiger partial charge in [-0.1, -0.05) is 24.2 Å². The van der Waals surface area contributed by atoms with Gasteiger partial charge in [0.2, 0.25) is 11.6 Å². The molecule has 0 aromatic carbocycles. The third kappa shape index (κ3) is 5.70. The minimum Gasteiger partial charge on any atom is -0.396 e. The van der Waals surface area contributed by atoms with E-state index in [-0.39, 0.29) is 23.3 Å². The first-order valence-corrected chi connectivity index (χ1v) is 10.5. The van der Waals surface area contributed by atoms with Crippen LogP contribution in [0.15, 0.2) is 21.4 Å². The van der Waals surface area contributed by atoms with Crippen LogP contribution in [0, 0.1) is 13.8 Å². The van der Waals surface area contributed by atoms with Crippen LogP contribution in [0.5, 0.6) is 0 Å². The number of Topliss-reactive ketones (excluding diaryl/α,β-unsaturated/α-hetero) is 2. The van der Waals surface area contributed by atoms with Crippen LogP contribution >= 0.6 is 0 Å². The first-order valence-electron chi connectivity index (χ1n) is 10.5. The monoisotopic (exact) mass is 470 g/mol. The molecule has 34 heavy (non-hydrogen) atoms. The number of aromatic nitrogens is 8. The molecule has 4 aromatic heterocycles. The van der Waals surface area contributed by atoms with Gasteiger partial charge >= 0.3 is 0 Å². The first kappa shape index (κ1) is 24.3. The number of ketones is 2. The summed E-state index contributed by atoms with van der Waals surface area (Å²) in [7, 11) is 0. The van der Waals surface area contributed by atoms with E-state index in [4.69, 9.17) is 20.5 Å². The fourth-order valence-electron chi connectivity index (χ4n) is 2.68. The molecule has 0 spiro atoms. The van der Waals surface area contributed by atoms with Crippen LogP contribution in [0.3, 0.4) is 0 Å². The Morgan fingerprint density at radius 3 is 1.91 bits per heavy atom. The normalized spacial score (nSPS) is 10.7. The standard InChI is InChI=1S/2C10H13N5O2/c1-3-8(16)10-12-9(14-17-10)5-15-4-7(11)6(2)13-15;1-3-8(16)10-13-9(14-17-10)5-15-6(2)7(11)4-12-15/h2*4H,3,5,11H2,1-2H3. The second kappa shape index (κ2) is 10.5. The Kier molecular flexibility index (Phi) is 7.50. The molecule has 0 aliphatic heterocycles. The van der Waals surface area contributed by atoms with Gasteiger partial charge in [-0.2, -0.15) is 20.2 Å². The van der Waals surface area contributed by atoms with E-state index >= 15 is 0 Å². The summed E-state index contributed by atoms with van der Waals surface area (Å²) >= 11 is 0. The van der Waals surface area contributed by atoms with Crippen LogP contribution < -0.4 is 11.5 Å². The number of nitrogens with zero attached hydrogens (tertiary/aromatic N) is 8. The van der Waals surface area contributed by atoms with Crippen LogP contribution in [0.1, 0.15) is 71.1 Å². The van der Waals surface area contributed by atoms with Crippen molar-refractivity contribution in [3.05, 3.63) is 47.2 Å². The highest BCUT2D eigenvalue weighted by Gasteiger charge is 2.15. The molecule has 14 nitrogen and oxygen atoms in total. The summed E-state index contributed by atoms with van der Waals surface area (Å²) < 4.78 is 13.0. The van der Waals surface area contributed by atoms with E-state index in [1.165, 1.54) is 0 Å². The van der Waals surface area contributed by atoms with Crippen LogP contribution in [0.4, 0.5) is 11.4 Å². The Morgan fingerprint density at radius 2 is 1.47 bits per heavy atom. The Balaban J connectivity index is 0.000000191. The highest BCUT2D eigenvalue weighted by Crippen LogP contribution is 2.11. The molecule has 4 rings (SSSR count). The Morgan fingerprint density at radius 1 is 0.912 bits per heavy atom. The number of rotatable bonds is 8. The molecule has 0 amide bonds. The van der Waals surface area contributed by atoms with Gasteiger partial charge in [-0.3, -0.25) is 19.0 Å². The first-order chi connectivity index (χ1) is 16.2. The second-order valence-electron chi connectivity index (χ2n) is 7.30. The van der Waals surface area contributed by atoms with Gasteiger partial charge in [0.25, 0.3) is 11.8 Å². The molecule has 0 bridgehead atoms. The molecule has 4 aromatic rings. The topological polar surface area (TPSA) is 200 Å². The number of hydrogen-bond acceptors (Lipinski definition) is 12. The molecule has 4 heterocycles. The van der Waals surface area contributed by atoms with Crippen LogP contribution in [-0.4, -0.2) is 51.4 Å². The largest absolute Gasteiger partial charge is 0.396 e. The number of nitrogens with two attached hydrogens (primary N) is 2. The maximum atomic E-state index is 11.3. The minimum atomic E-state index is -0.167. The Labute approximate surface area is 194 Å². The number of hydrogen-bond donors (Lipinski definition) is 2. The van der Waals surface area contributed by atoms with Crippen molar-refractivity contribution in [2.75, 3.05) is 11.5 Å². The molecule has 0 fully saturated rings. The van der Waals surface area contributed by atoms with E-state index in [0.717, 1.165) is 11.4 Å². The molecule has 0 aliphatic carbocycles. The smallest absolute Gasteiger partial charge is 0.294 e. The van der Waals surface area contributed by atoms with Crippen molar-refractivity contribution in [1.82, 2.24) is 39.8 Å². The number of carbonyl (C=O) groups excluding carboxylic acids is 2. The van der Waals surface area contributed by atoms with Crippen molar-refractivity contribution >= 4 is 22.9 Å². The average Bonchev–Trinajstić information content (AvgIpc) is 3.61. The quantitative estimate of drug-likeness (QED) is 0.353. The zero-order valence-electron chi connectivity index (χ0n) is 19.3. The van der Waals surface area contributed by atoms with Gasteiger partial charge in [0, 0.05) is 19.0 Å². The van der Waals surface area contributed by atoms with Crippen LogP contribution in [0.25, 0.3) is 0 Å². The van der Waals surface area contributed by atoms with E-state index in [1.807, 2.05) is 13.8 Å². The molecule has 0 atom stereocenters. The lowest BCUT2D eigenvalue weighted by Gasteiger charge is -1.99. The fourth-order valence-corrected chi connectivity index (χ4v) is 2.68. The molecule has 14 heteroatoms. The highest BCUT2D eigenvalue weighted by molar-refractivity contribution is 5.91. The minimum absolute atomic E-state index is 0.0411. The Hall–Kier alpha value is -4.36. The lowest BCUT2D eigenvalue weighted by atomic mass is 10.3. The van der Waals surface area contributed by atoms with Gasteiger partial charge in [0.15, 0.2) is 11.6 Å². The second-order valence-corrected chi connectivity index (χ2v) is 7.30. The van der Waals surface area contributed by atoms with E-state index in [0.29, 0.717) is 49.0 Å². The third-order valence-electron chi connectivity index (χ3n) is 4.78. The van der Waals surface area contributed by atoms with E-state index in [9.17, 15) is 9.59 Å². The van der Waals surface area contributed by atoms with E-state index in [1.54, 1.807) is 35.6 Å². The molecule has 0 saturated carbocycles. The van der Waals surface area contributed by atoms with Gasteiger partial charge in [0.05, 0.1) is 29.0 Å². The summed E-state index contributed by atoms with van der Waals surface area (Å²) in [6.07, 6.45) is 3.94. The van der Waals surface area contributed by atoms with E-state index in [2.05, 4.69) is 30.5 Å². The van der Waals surface area contributed by atoms with Crippen molar-refractivity contribution in [1.29, 1.82) is 0 Å². The zero-order chi connectivity index (χ0) is 24.8. The molecular weight excluding hydrogens is 444 g/mol. The van der Waals surface area contributed by atoms with Crippen molar-refractivity contribution in [3.8, 4) is 0 Å². The summed E-state index contributed by atoms with van der Waals surface area (Å²) in [6, 6.07) is 0. The van der Waals surface area contributed by atoms with E-state index < -0.39 is 0 Å². The molecule has 0 saturated heterocycles. The summed E-state index contributed by atoms with van der Waals surface area (Å²) in [5.41, 5.74) is 14.1.